The first-order chi connectivity index (χ1) is 15.6. The molecule has 164 valence electrons. The number of H-pyrrole nitrogens is 1. The molecule has 0 spiro atoms. The van der Waals surface area contributed by atoms with Gasteiger partial charge in [0.2, 0.25) is 0 Å². The van der Waals surface area contributed by atoms with E-state index in [4.69, 9.17) is 0 Å². The minimum absolute atomic E-state index is 0.275. The number of nitrogens with one attached hydrogen (secondary N) is 1. The van der Waals surface area contributed by atoms with Gasteiger partial charge in [-0.1, -0.05) is 0 Å². The van der Waals surface area contributed by atoms with Gasteiger partial charge in [-0.25, -0.2) is 28.6 Å². The summed E-state index contributed by atoms with van der Waals surface area (Å²) < 4.78 is 27.3. The van der Waals surface area contributed by atoms with E-state index < -0.39 is 17.7 Å². The molecule has 5 rings (SSSR count). The number of piperazine rings is 1. The van der Waals surface area contributed by atoms with Crippen LogP contribution in [0.2, 0.25) is 0 Å². The van der Waals surface area contributed by atoms with E-state index in [9.17, 15) is 13.6 Å². The van der Waals surface area contributed by atoms with E-state index in [1.807, 2.05) is 24.4 Å². The average Bonchev–Trinajstić information content (AvgIpc) is 3.51. The highest BCUT2D eigenvalue weighted by Gasteiger charge is 2.33. The van der Waals surface area contributed by atoms with Crippen LogP contribution in [0.4, 0.5) is 19.4 Å². The Hall–Kier alpha value is -3.82. The first-order valence-electron chi connectivity index (χ1n) is 10.4. The third-order valence-corrected chi connectivity index (χ3v) is 5.65. The molecule has 0 radical (unpaired) electrons. The fourth-order valence-electron chi connectivity index (χ4n) is 4.04. The lowest BCUT2D eigenvalue weighted by Gasteiger charge is -2.37. The van der Waals surface area contributed by atoms with Crippen LogP contribution in [0.3, 0.4) is 0 Å². The summed E-state index contributed by atoms with van der Waals surface area (Å²) in [5, 5.41) is 5.50. The van der Waals surface area contributed by atoms with Crippen LogP contribution in [-0.2, 0) is 0 Å². The summed E-state index contributed by atoms with van der Waals surface area (Å²) >= 11 is 0. The van der Waals surface area contributed by atoms with Crippen LogP contribution >= 0.6 is 0 Å². The fourth-order valence-corrected chi connectivity index (χ4v) is 4.04. The Labute approximate surface area is 183 Å². The number of amides is 2. The summed E-state index contributed by atoms with van der Waals surface area (Å²) in [7, 11) is 0. The molecule has 1 fully saturated rings. The van der Waals surface area contributed by atoms with Gasteiger partial charge in [-0.3, -0.25) is 0 Å². The lowest BCUT2D eigenvalue weighted by Crippen LogP contribution is -2.52. The fraction of sp³-hybridized carbons (Fsp3) is 0.273. The number of hydrazone groups is 1. The largest absolute Gasteiger partial charge is 0.359 e. The third kappa shape index (κ3) is 3.91. The number of carbonyl (C=O) groups is 1. The minimum Gasteiger partial charge on any atom is -0.359 e. The molecule has 1 N–H and O–H groups in total. The van der Waals surface area contributed by atoms with E-state index in [2.05, 4.69) is 25.0 Å². The molecule has 10 heteroatoms. The van der Waals surface area contributed by atoms with Crippen molar-refractivity contribution >= 4 is 18.1 Å². The average molecular weight is 437 g/mol. The molecule has 3 aromatic rings. The van der Waals surface area contributed by atoms with E-state index in [1.54, 1.807) is 17.3 Å². The first-order valence-corrected chi connectivity index (χ1v) is 10.4. The second-order valence-electron chi connectivity index (χ2n) is 7.68. The molecule has 2 aliphatic rings. The van der Waals surface area contributed by atoms with Crippen molar-refractivity contribution in [3.05, 3.63) is 66.0 Å². The first kappa shape index (κ1) is 20.1. The maximum atomic E-state index is 13.7. The summed E-state index contributed by atoms with van der Waals surface area (Å²) in [6, 6.07) is 8.17. The van der Waals surface area contributed by atoms with Crippen molar-refractivity contribution in [3.8, 4) is 11.5 Å². The zero-order chi connectivity index (χ0) is 22.1. The van der Waals surface area contributed by atoms with Gasteiger partial charge in [0.15, 0.2) is 5.82 Å². The van der Waals surface area contributed by atoms with E-state index in [-0.39, 0.29) is 6.03 Å². The quantitative estimate of drug-likeness (QED) is 0.681. The second kappa shape index (κ2) is 8.37. The van der Waals surface area contributed by atoms with Gasteiger partial charge in [0.25, 0.3) is 0 Å². The zero-order valence-electron chi connectivity index (χ0n) is 17.2. The van der Waals surface area contributed by atoms with E-state index >= 15 is 0 Å². The molecule has 0 aliphatic carbocycles. The number of benzene rings is 1. The normalized spacial score (nSPS) is 18.4. The Morgan fingerprint density at radius 2 is 1.84 bits per heavy atom. The molecule has 8 nitrogen and oxygen atoms in total. The van der Waals surface area contributed by atoms with E-state index in [0.29, 0.717) is 44.0 Å². The summed E-state index contributed by atoms with van der Waals surface area (Å²) in [4.78, 5) is 29.0. The molecule has 32 heavy (non-hydrogen) atoms. The van der Waals surface area contributed by atoms with Crippen LogP contribution < -0.4 is 4.90 Å². The number of halogens is 2. The molecule has 2 aliphatic heterocycles. The summed E-state index contributed by atoms with van der Waals surface area (Å²) in [6.45, 7) is 2.17. The number of carbonyl (C=O) groups excluding carboxylic acids is 1. The monoisotopic (exact) mass is 437 g/mol. The topological polar surface area (TPSA) is 80.7 Å². The van der Waals surface area contributed by atoms with Crippen molar-refractivity contribution in [1.82, 2.24) is 24.9 Å². The molecule has 1 aromatic carbocycles. The smallest absolute Gasteiger partial charge is 0.341 e. The number of aromatic nitrogens is 3. The van der Waals surface area contributed by atoms with Crippen molar-refractivity contribution in [2.75, 3.05) is 31.1 Å². The van der Waals surface area contributed by atoms with Gasteiger partial charge in [0.05, 0.1) is 11.7 Å². The van der Waals surface area contributed by atoms with E-state index in [0.717, 1.165) is 17.6 Å². The van der Waals surface area contributed by atoms with Crippen LogP contribution in [0, 0.1) is 11.6 Å². The Morgan fingerprint density at radius 1 is 1.06 bits per heavy atom. The molecule has 1 unspecified atom stereocenters. The third-order valence-electron chi connectivity index (χ3n) is 5.65. The predicted octanol–water partition coefficient (Wildman–Crippen LogP) is 3.42. The molecular weight excluding hydrogens is 416 g/mol. The highest BCUT2D eigenvalue weighted by Crippen LogP contribution is 2.30. The molecule has 2 amide bonds. The van der Waals surface area contributed by atoms with Gasteiger partial charge in [0, 0.05) is 57.3 Å². The molecular formula is C22H21F2N7O. The molecule has 1 atom stereocenters. The van der Waals surface area contributed by atoms with Crippen LogP contribution in [0.15, 0.2) is 53.9 Å². The zero-order valence-corrected chi connectivity index (χ0v) is 17.2. The Morgan fingerprint density at radius 3 is 2.56 bits per heavy atom. The van der Waals surface area contributed by atoms with Gasteiger partial charge >= 0.3 is 6.03 Å². The number of hydrogen-bond acceptors (Lipinski definition) is 5. The van der Waals surface area contributed by atoms with Crippen molar-refractivity contribution < 1.29 is 13.6 Å². The molecule has 4 heterocycles. The van der Waals surface area contributed by atoms with Crippen LogP contribution in [0.5, 0.6) is 0 Å². The van der Waals surface area contributed by atoms with E-state index in [1.165, 1.54) is 17.1 Å². The maximum absolute atomic E-state index is 13.7. The number of urea groups is 1. The Balaban J connectivity index is 1.26. The lowest BCUT2D eigenvalue weighted by molar-refractivity contribution is 0.139. The summed E-state index contributed by atoms with van der Waals surface area (Å²) in [5.41, 5.74) is 1.23. The number of aromatic amines is 1. The highest BCUT2D eigenvalue weighted by atomic mass is 19.1. The molecule has 1 saturated heterocycles. The molecule has 0 saturated carbocycles. The SMILES string of the molecule is O=C(N1CCN(c2ccnc(-c3ccc[nH]3)n2)CC1)N1N=CCC1c1cc(F)cc(F)c1. The van der Waals surface area contributed by atoms with Gasteiger partial charge in [0.1, 0.15) is 17.5 Å². The standard InChI is InChI=1S/C22H21F2N7O/c23-16-12-15(13-17(24)14-16)19-3-7-27-31(19)22(32)30-10-8-29(9-11-30)20-4-6-26-21(28-20)18-2-1-5-25-18/h1-2,4-7,12-14,19,25H,3,8-11H2. The number of hydrogen-bond donors (Lipinski definition) is 1. The summed E-state index contributed by atoms with van der Waals surface area (Å²) in [5.74, 6) is 0.0690. The van der Waals surface area contributed by atoms with Gasteiger partial charge < -0.3 is 14.8 Å². The van der Waals surface area contributed by atoms with Crippen molar-refractivity contribution in [2.45, 2.75) is 12.5 Å². The second-order valence-corrected chi connectivity index (χ2v) is 7.68. The Bertz CT molecular complexity index is 1120. The van der Waals surface area contributed by atoms with Crippen LogP contribution in [0.25, 0.3) is 11.5 Å². The predicted molar refractivity (Wildman–Crippen MR) is 115 cm³/mol. The molecule has 2 aromatic heterocycles. The minimum atomic E-state index is -0.670. The van der Waals surface area contributed by atoms with Crippen LogP contribution in [0.1, 0.15) is 18.0 Å². The maximum Gasteiger partial charge on any atom is 0.341 e. The molecule has 0 bridgehead atoms. The van der Waals surface area contributed by atoms with Crippen LogP contribution in [-0.4, -0.2) is 63.3 Å². The van der Waals surface area contributed by atoms with Gasteiger partial charge in [-0.15, -0.1) is 0 Å². The number of nitrogens with zero attached hydrogens (tertiary/aromatic N) is 6. The van der Waals surface area contributed by atoms with Gasteiger partial charge in [-0.05, 0) is 35.9 Å². The van der Waals surface area contributed by atoms with Gasteiger partial charge in [-0.2, -0.15) is 5.10 Å². The number of rotatable bonds is 3. The Kier molecular flexibility index (Phi) is 5.26. The van der Waals surface area contributed by atoms with Crippen molar-refractivity contribution in [1.29, 1.82) is 0 Å². The lowest BCUT2D eigenvalue weighted by atomic mass is 10.0. The van der Waals surface area contributed by atoms with Crippen molar-refractivity contribution in [3.63, 3.8) is 0 Å². The highest BCUT2D eigenvalue weighted by molar-refractivity contribution is 5.78. The summed E-state index contributed by atoms with van der Waals surface area (Å²) in [6.07, 6.45) is 5.56. The van der Waals surface area contributed by atoms with Crippen molar-refractivity contribution in [2.24, 2.45) is 5.10 Å². The number of anilines is 1.